The van der Waals surface area contributed by atoms with Gasteiger partial charge in [0, 0.05) is 29.3 Å². The van der Waals surface area contributed by atoms with Gasteiger partial charge in [-0.25, -0.2) is 8.42 Å². The lowest BCUT2D eigenvalue weighted by molar-refractivity contribution is 0.603. The molecule has 1 aromatic heterocycles. The molecule has 0 bridgehead atoms. The van der Waals surface area contributed by atoms with Crippen molar-refractivity contribution in [1.82, 2.24) is 0 Å². The predicted molar refractivity (Wildman–Crippen MR) is 102 cm³/mol. The molecule has 0 spiro atoms. The average Bonchev–Trinajstić information content (AvgIpc) is 2.92. The fraction of sp³-hybridized carbons (Fsp3) is 0.444. The van der Waals surface area contributed by atoms with Crippen LogP contribution in [0.2, 0.25) is 0 Å². The molecule has 4 nitrogen and oxygen atoms in total. The van der Waals surface area contributed by atoms with Gasteiger partial charge in [0.1, 0.15) is 4.21 Å². The summed E-state index contributed by atoms with van der Waals surface area (Å²) in [5.74, 6) is 0. The number of hydrogen-bond donors (Lipinski definition) is 1. The van der Waals surface area contributed by atoms with Crippen molar-refractivity contribution in [1.29, 1.82) is 0 Å². The van der Waals surface area contributed by atoms with Crippen LogP contribution in [0.15, 0.2) is 40.6 Å². The van der Waals surface area contributed by atoms with E-state index >= 15 is 0 Å². The van der Waals surface area contributed by atoms with Gasteiger partial charge in [0.2, 0.25) is 0 Å². The van der Waals surface area contributed by atoms with Gasteiger partial charge in [-0.15, -0.1) is 11.3 Å². The van der Waals surface area contributed by atoms with Crippen molar-refractivity contribution in [2.24, 2.45) is 0 Å². The van der Waals surface area contributed by atoms with Crippen molar-refractivity contribution in [2.45, 2.75) is 43.2 Å². The monoisotopic (exact) mass is 364 g/mol. The van der Waals surface area contributed by atoms with Crippen LogP contribution in [0, 0.1) is 0 Å². The van der Waals surface area contributed by atoms with Gasteiger partial charge in [-0.2, -0.15) is 0 Å². The molecule has 0 amide bonds. The summed E-state index contributed by atoms with van der Waals surface area (Å²) in [4.78, 5) is 3.46. The van der Waals surface area contributed by atoms with Crippen LogP contribution in [-0.4, -0.2) is 21.5 Å². The topological polar surface area (TPSA) is 49.4 Å². The first kappa shape index (κ1) is 17.3. The van der Waals surface area contributed by atoms with Crippen LogP contribution in [0.5, 0.6) is 0 Å². The van der Waals surface area contributed by atoms with Gasteiger partial charge in [0.05, 0.1) is 0 Å². The number of anilines is 2. The van der Waals surface area contributed by atoms with E-state index in [4.69, 9.17) is 0 Å². The number of rotatable bonds is 5. The van der Waals surface area contributed by atoms with Gasteiger partial charge in [0.25, 0.3) is 10.0 Å². The molecule has 0 radical (unpaired) electrons. The fourth-order valence-electron chi connectivity index (χ4n) is 2.97. The number of aryl methyl sites for hydroxylation is 1. The minimum absolute atomic E-state index is 0.371. The van der Waals surface area contributed by atoms with Crippen LogP contribution in [0.1, 0.15) is 37.5 Å². The molecule has 1 fully saturated rings. The second-order valence-electron chi connectivity index (χ2n) is 6.13. The third kappa shape index (κ3) is 4.11. The number of hydrogen-bond acceptors (Lipinski definition) is 4. The summed E-state index contributed by atoms with van der Waals surface area (Å²) in [6, 6.07) is 11.3. The van der Waals surface area contributed by atoms with Crippen LogP contribution >= 0.6 is 11.3 Å². The lowest BCUT2D eigenvalue weighted by Gasteiger charge is -2.22. The molecule has 1 saturated heterocycles. The molecule has 1 aliphatic heterocycles. The van der Waals surface area contributed by atoms with E-state index < -0.39 is 10.0 Å². The highest BCUT2D eigenvalue weighted by Crippen LogP contribution is 2.26. The number of nitrogens with one attached hydrogen (secondary N) is 1. The van der Waals surface area contributed by atoms with Crippen molar-refractivity contribution in [3.63, 3.8) is 0 Å². The van der Waals surface area contributed by atoms with E-state index in [0.29, 0.717) is 9.90 Å². The van der Waals surface area contributed by atoms with Crippen molar-refractivity contribution in [3.8, 4) is 0 Å². The Kier molecular flexibility index (Phi) is 5.46. The van der Waals surface area contributed by atoms with E-state index in [1.165, 1.54) is 42.7 Å². The van der Waals surface area contributed by atoms with Crippen molar-refractivity contribution >= 4 is 32.7 Å². The third-order valence-corrected chi connectivity index (χ3v) is 7.44. The molecular formula is C18H24N2O2S2. The summed E-state index contributed by atoms with van der Waals surface area (Å²) in [7, 11) is -3.49. The molecule has 0 unspecified atom stereocenters. The Morgan fingerprint density at radius 3 is 2.25 bits per heavy atom. The Bertz CT molecular complexity index is 759. The van der Waals surface area contributed by atoms with E-state index in [2.05, 4.69) is 9.62 Å². The quantitative estimate of drug-likeness (QED) is 0.850. The molecule has 0 atom stereocenters. The van der Waals surface area contributed by atoms with Crippen LogP contribution in [0.4, 0.5) is 11.4 Å². The lowest BCUT2D eigenvalue weighted by atomic mass is 10.2. The molecule has 130 valence electrons. The molecule has 1 aromatic carbocycles. The first-order valence-corrected chi connectivity index (χ1v) is 10.8. The molecule has 3 rings (SSSR count). The third-order valence-electron chi connectivity index (χ3n) is 4.34. The van der Waals surface area contributed by atoms with Gasteiger partial charge < -0.3 is 4.90 Å². The molecular weight excluding hydrogens is 340 g/mol. The van der Waals surface area contributed by atoms with Crippen molar-refractivity contribution < 1.29 is 8.42 Å². The average molecular weight is 365 g/mol. The standard InChI is InChI=1S/C18H24N2O2S2/c1-2-17-11-12-18(23-17)24(21,22)19-15-7-9-16(10-8-15)20-13-5-3-4-6-14-20/h7-12,19H,2-6,13-14H2,1H3. The van der Waals surface area contributed by atoms with E-state index in [1.807, 2.05) is 37.3 Å². The second-order valence-corrected chi connectivity index (χ2v) is 9.21. The summed E-state index contributed by atoms with van der Waals surface area (Å²) in [5, 5.41) is 0. The van der Waals surface area contributed by atoms with Gasteiger partial charge in [-0.05, 0) is 55.7 Å². The first-order valence-electron chi connectivity index (χ1n) is 8.55. The molecule has 24 heavy (non-hydrogen) atoms. The van der Waals surface area contributed by atoms with E-state index in [9.17, 15) is 8.42 Å². The van der Waals surface area contributed by atoms with Crippen LogP contribution in [0.3, 0.4) is 0 Å². The Labute approximate surface area is 148 Å². The summed E-state index contributed by atoms with van der Waals surface area (Å²) in [6.07, 6.45) is 5.91. The van der Waals surface area contributed by atoms with E-state index in [0.717, 1.165) is 24.4 Å². The summed E-state index contributed by atoms with van der Waals surface area (Å²) < 4.78 is 28.0. The second kappa shape index (κ2) is 7.57. The van der Waals surface area contributed by atoms with E-state index in [-0.39, 0.29) is 0 Å². The maximum absolute atomic E-state index is 12.5. The molecule has 0 aliphatic carbocycles. The molecule has 2 aromatic rings. The Hall–Kier alpha value is -1.53. The maximum Gasteiger partial charge on any atom is 0.271 e. The van der Waals surface area contributed by atoms with Gasteiger partial charge in [0.15, 0.2) is 0 Å². The first-order chi connectivity index (χ1) is 11.6. The minimum Gasteiger partial charge on any atom is -0.372 e. The number of nitrogens with zero attached hydrogens (tertiary/aromatic N) is 1. The highest BCUT2D eigenvalue weighted by atomic mass is 32.2. The minimum atomic E-state index is -3.49. The lowest BCUT2D eigenvalue weighted by Crippen LogP contribution is -2.23. The molecule has 1 aliphatic rings. The SMILES string of the molecule is CCc1ccc(S(=O)(=O)Nc2ccc(N3CCCCCC3)cc2)s1. The summed E-state index contributed by atoms with van der Waals surface area (Å²) in [6.45, 7) is 4.19. The van der Waals surface area contributed by atoms with E-state index in [1.54, 1.807) is 6.07 Å². The van der Waals surface area contributed by atoms with Crippen molar-refractivity contribution in [2.75, 3.05) is 22.7 Å². The van der Waals surface area contributed by atoms with Crippen LogP contribution in [0.25, 0.3) is 0 Å². The Balaban J connectivity index is 1.71. The largest absolute Gasteiger partial charge is 0.372 e. The Morgan fingerprint density at radius 2 is 1.67 bits per heavy atom. The smallest absolute Gasteiger partial charge is 0.271 e. The highest BCUT2D eigenvalue weighted by Gasteiger charge is 2.17. The number of benzene rings is 1. The molecule has 2 heterocycles. The predicted octanol–water partition coefficient (Wildman–Crippen LogP) is 4.49. The zero-order chi connectivity index (χ0) is 17.0. The summed E-state index contributed by atoms with van der Waals surface area (Å²) >= 11 is 1.33. The number of thiophene rings is 1. The zero-order valence-corrected chi connectivity index (χ0v) is 15.6. The van der Waals surface area contributed by atoms with Crippen LogP contribution in [-0.2, 0) is 16.4 Å². The molecule has 6 heteroatoms. The number of sulfonamides is 1. The molecule has 1 N–H and O–H groups in total. The van der Waals surface area contributed by atoms with Gasteiger partial charge >= 0.3 is 0 Å². The van der Waals surface area contributed by atoms with Gasteiger partial charge in [-0.1, -0.05) is 19.8 Å². The summed E-state index contributed by atoms with van der Waals surface area (Å²) in [5.41, 5.74) is 1.78. The molecule has 0 saturated carbocycles. The van der Waals surface area contributed by atoms with Crippen molar-refractivity contribution in [3.05, 3.63) is 41.3 Å². The zero-order valence-electron chi connectivity index (χ0n) is 14.0. The highest BCUT2D eigenvalue weighted by molar-refractivity contribution is 7.94. The Morgan fingerprint density at radius 1 is 1.00 bits per heavy atom. The van der Waals surface area contributed by atoms with Crippen LogP contribution < -0.4 is 9.62 Å². The normalized spacial score (nSPS) is 16.0. The maximum atomic E-state index is 12.5. The van der Waals surface area contributed by atoms with Gasteiger partial charge in [-0.3, -0.25) is 4.72 Å². The fourth-order valence-corrected chi connectivity index (χ4v) is 5.32.